The minimum Gasteiger partial charge on any atom is -0.457 e. The molecule has 0 amide bonds. The van der Waals surface area contributed by atoms with Gasteiger partial charge in [-0.1, -0.05) is 24.3 Å². The Morgan fingerprint density at radius 1 is 0.889 bits per heavy atom. The van der Waals surface area contributed by atoms with Gasteiger partial charge in [0.2, 0.25) is 0 Å². The van der Waals surface area contributed by atoms with Crippen LogP contribution in [0.15, 0.2) is 72.8 Å². The van der Waals surface area contributed by atoms with E-state index in [2.05, 4.69) is 0 Å². The van der Waals surface area contributed by atoms with Crippen molar-refractivity contribution in [2.24, 2.45) is 0 Å². The van der Waals surface area contributed by atoms with Gasteiger partial charge in [0.05, 0.1) is 5.56 Å². The van der Waals surface area contributed by atoms with Gasteiger partial charge >= 0.3 is 6.18 Å². The van der Waals surface area contributed by atoms with E-state index in [4.69, 9.17) is 10.5 Å². The van der Waals surface area contributed by atoms with Crippen molar-refractivity contribution in [1.29, 1.82) is 0 Å². The molecule has 0 bridgehead atoms. The summed E-state index contributed by atoms with van der Waals surface area (Å²) in [5, 5.41) is 0. The van der Waals surface area contributed by atoms with Crippen LogP contribution in [0.2, 0.25) is 0 Å². The summed E-state index contributed by atoms with van der Waals surface area (Å²) in [6.45, 7) is 0. The van der Waals surface area contributed by atoms with Crippen molar-refractivity contribution < 1.29 is 22.7 Å². The number of nitrogens with two attached hydrogens (primary N) is 1. The average Bonchev–Trinajstić information content (AvgIpc) is 2.63. The van der Waals surface area contributed by atoms with Crippen molar-refractivity contribution in [2.45, 2.75) is 12.6 Å². The van der Waals surface area contributed by atoms with E-state index in [-0.39, 0.29) is 12.0 Å². The van der Waals surface area contributed by atoms with E-state index in [0.717, 1.165) is 12.1 Å². The summed E-state index contributed by atoms with van der Waals surface area (Å²) in [4.78, 5) is 12.4. The zero-order valence-electron chi connectivity index (χ0n) is 14.2. The number of benzene rings is 3. The predicted octanol–water partition coefficient (Wildman–Crippen LogP) is 5.51. The first-order valence-corrected chi connectivity index (χ1v) is 8.14. The Kier molecular flexibility index (Phi) is 5.16. The molecule has 138 valence electrons. The number of rotatable bonds is 5. The molecule has 3 rings (SSSR count). The fraction of sp³-hybridized carbons (Fsp3) is 0.0952. The lowest BCUT2D eigenvalue weighted by Gasteiger charge is -2.09. The zero-order valence-corrected chi connectivity index (χ0v) is 14.2. The van der Waals surface area contributed by atoms with Crippen molar-refractivity contribution in [1.82, 2.24) is 0 Å². The van der Waals surface area contributed by atoms with Gasteiger partial charge < -0.3 is 10.5 Å². The number of ether oxygens (including phenoxy) is 1. The van der Waals surface area contributed by atoms with Crippen LogP contribution in [0.4, 0.5) is 18.9 Å². The predicted molar refractivity (Wildman–Crippen MR) is 96.8 cm³/mol. The third kappa shape index (κ3) is 4.88. The minimum atomic E-state index is -4.48. The SMILES string of the molecule is Nc1ccc(Oc2cccc(CC(=O)c3cccc(C(F)(F)F)c3)c2)cc1. The van der Waals surface area contributed by atoms with Gasteiger partial charge in [0.15, 0.2) is 5.78 Å². The third-order valence-corrected chi connectivity index (χ3v) is 3.89. The Morgan fingerprint density at radius 2 is 1.59 bits per heavy atom. The highest BCUT2D eigenvalue weighted by Crippen LogP contribution is 2.30. The largest absolute Gasteiger partial charge is 0.457 e. The molecule has 0 radical (unpaired) electrons. The summed E-state index contributed by atoms with van der Waals surface area (Å²) in [6, 6.07) is 18.1. The number of alkyl halides is 3. The molecule has 0 atom stereocenters. The Labute approximate surface area is 154 Å². The zero-order chi connectivity index (χ0) is 19.4. The van der Waals surface area contributed by atoms with E-state index < -0.39 is 17.5 Å². The fourth-order valence-electron chi connectivity index (χ4n) is 2.55. The van der Waals surface area contributed by atoms with Crippen molar-refractivity contribution >= 4 is 11.5 Å². The molecule has 3 nitrogen and oxygen atoms in total. The molecule has 3 aromatic rings. The first-order valence-electron chi connectivity index (χ1n) is 8.14. The smallest absolute Gasteiger partial charge is 0.416 e. The molecular formula is C21H16F3NO2. The van der Waals surface area contributed by atoms with Gasteiger partial charge in [-0.15, -0.1) is 0 Å². The Bertz CT molecular complexity index is 950. The molecule has 0 unspecified atom stereocenters. The number of carbonyl (C=O) groups excluding carboxylic acids is 1. The standard InChI is InChI=1S/C21H16F3NO2/c22-21(23,24)16-5-2-4-15(13-16)20(26)12-14-3-1-6-19(11-14)27-18-9-7-17(25)8-10-18/h1-11,13H,12,25H2. The maximum absolute atomic E-state index is 12.8. The molecular weight excluding hydrogens is 355 g/mol. The molecule has 0 aliphatic rings. The molecule has 0 fully saturated rings. The summed E-state index contributed by atoms with van der Waals surface area (Å²) in [6.07, 6.45) is -4.51. The highest BCUT2D eigenvalue weighted by Gasteiger charge is 2.30. The van der Waals surface area contributed by atoms with E-state index in [1.54, 1.807) is 48.5 Å². The Hall–Kier alpha value is -3.28. The molecule has 0 saturated carbocycles. The van der Waals surface area contributed by atoms with Crippen molar-refractivity contribution in [3.63, 3.8) is 0 Å². The number of anilines is 1. The maximum atomic E-state index is 12.8. The number of halogens is 3. The van der Waals surface area contributed by atoms with Gasteiger partial charge in [0.1, 0.15) is 11.5 Å². The summed E-state index contributed by atoms with van der Waals surface area (Å²) in [5.41, 5.74) is 6.07. The number of nitrogen functional groups attached to an aromatic ring is 1. The molecule has 0 aliphatic heterocycles. The van der Waals surface area contributed by atoms with E-state index in [0.29, 0.717) is 22.7 Å². The summed E-state index contributed by atoms with van der Waals surface area (Å²) < 4.78 is 44.1. The maximum Gasteiger partial charge on any atom is 0.416 e. The van der Waals surface area contributed by atoms with Crippen LogP contribution < -0.4 is 10.5 Å². The van der Waals surface area contributed by atoms with Crippen LogP contribution in [0.5, 0.6) is 11.5 Å². The lowest BCUT2D eigenvalue weighted by Crippen LogP contribution is -2.09. The highest BCUT2D eigenvalue weighted by molar-refractivity contribution is 5.97. The van der Waals surface area contributed by atoms with Crippen LogP contribution in [0.25, 0.3) is 0 Å². The minimum absolute atomic E-state index is 0.0229. The number of Topliss-reactive ketones (excluding diaryl/α,β-unsaturated/α-hetero) is 1. The van der Waals surface area contributed by atoms with Crippen LogP contribution in [0, 0.1) is 0 Å². The van der Waals surface area contributed by atoms with Crippen LogP contribution >= 0.6 is 0 Å². The quantitative estimate of drug-likeness (QED) is 0.476. The number of hydrogen-bond donors (Lipinski definition) is 1. The first kappa shape index (κ1) is 18.5. The van der Waals surface area contributed by atoms with Gasteiger partial charge in [-0.25, -0.2) is 0 Å². The van der Waals surface area contributed by atoms with E-state index in [1.807, 2.05) is 0 Å². The summed E-state index contributed by atoms with van der Waals surface area (Å²) in [7, 11) is 0. The molecule has 3 aromatic carbocycles. The second-order valence-corrected chi connectivity index (χ2v) is 6.00. The molecule has 0 saturated heterocycles. The van der Waals surface area contributed by atoms with Crippen LogP contribution in [0.3, 0.4) is 0 Å². The first-order chi connectivity index (χ1) is 12.8. The van der Waals surface area contributed by atoms with Crippen LogP contribution in [-0.2, 0) is 12.6 Å². The van der Waals surface area contributed by atoms with Crippen molar-refractivity contribution in [3.8, 4) is 11.5 Å². The lowest BCUT2D eigenvalue weighted by atomic mass is 10.0. The molecule has 2 N–H and O–H groups in total. The fourth-order valence-corrected chi connectivity index (χ4v) is 2.55. The second kappa shape index (κ2) is 7.53. The van der Waals surface area contributed by atoms with E-state index in [9.17, 15) is 18.0 Å². The average molecular weight is 371 g/mol. The van der Waals surface area contributed by atoms with Crippen LogP contribution in [0.1, 0.15) is 21.5 Å². The van der Waals surface area contributed by atoms with E-state index in [1.165, 1.54) is 12.1 Å². The summed E-state index contributed by atoms with van der Waals surface area (Å²) in [5.74, 6) is 0.713. The number of ketones is 1. The van der Waals surface area contributed by atoms with Gasteiger partial charge in [-0.2, -0.15) is 13.2 Å². The number of carbonyl (C=O) groups is 1. The summed E-state index contributed by atoms with van der Waals surface area (Å²) >= 11 is 0. The van der Waals surface area contributed by atoms with E-state index >= 15 is 0 Å². The molecule has 0 heterocycles. The van der Waals surface area contributed by atoms with Gasteiger partial charge in [-0.05, 0) is 54.1 Å². The second-order valence-electron chi connectivity index (χ2n) is 6.00. The van der Waals surface area contributed by atoms with Crippen LogP contribution in [-0.4, -0.2) is 5.78 Å². The normalized spacial score (nSPS) is 11.2. The topological polar surface area (TPSA) is 52.3 Å². The monoisotopic (exact) mass is 371 g/mol. The Morgan fingerprint density at radius 3 is 2.30 bits per heavy atom. The van der Waals surface area contributed by atoms with Gasteiger partial charge in [0.25, 0.3) is 0 Å². The lowest BCUT2D eigenvalue weighted by molar-refractivity contribution is -0.137. The van der Waals surface area contributed by atoms with Gasteiger partial charge in [-0.3, -0.25) is 4.79 Å². The Balaban J connectivity index is 1.74. The number of hydrogen-bond acceptors (Lipinski definition) is 3. The molecule has 6 heteroatoms. The van der Waals surface area contributed by atoms with Crippen molar-refractivity contribution in [2.75, 3.05) is 5.73 Å². The molecule has 0 aliphatic carbocycles. The van der Waals surface area contributed by atoms with Gasteiger partial charge in [0, 0.05) is 17.7 Å². The van der Waals surface area contributed by atoms with Crippen molar-refractivity contribution in [3.05, 3.63) is 89.5 Å². The molecule has 0 spiro atoms. The molecule has 27 heavy (non-hydrogen) atoms. The molecule has 0 aromatic heterocycles. The third-order valence-electron chi connectivity index (χ3n) is 3.89. The highest BCUT2D eigenvalue weighted by atomic mass is 19.4.